The number of hydrogen-bond acceptors (Lipinski definition) is 4. The lowest BCUT2D eigenvalue weighted by Gasteiger charge is -2.20. The first-order valence-corrected chi connectivity index (χ1v) is 9.32. The highest BCUT2D eigenvalue weighted by Crippen LogP contribution is 2.27. The van der Waals surface area contributed by atoms with Crippen LogP contribution in [0.5, 0.6) is 0 Å². The first-order valence-electron chi connectivity index (χ1n) is 7.62. The van der Waals surface area contributed by atoms with Gasteiger partial charge in [-0.3, -0.25) is 4.79 Å². The second-order valence-electron chi connectivity index (χ2n) is 5.47. The van der Waals surface area contributed by atoms with Crippen molar-refractivity contribution in [2.45, 2.75) is 13.1 Å². The number of carbonyl (C=O) groups excluding carboxylic acids is 1. The van der Waals surface area contributed by atoms with Crippen LogP contribution in [0.2, 0.25) is 0 Å². The summed E-state index contributed by atoms with van der Waals surface area (Å²) in [5, 5.41) is 3.14. The second-order valence-corrected chi connectivity index (χ2v) is 7.58. The molecule has 0 saturated carbocycles. The molecule has 0 aliphatic rings. The molecule has 0 N–H and O–H groups in total. The van der Waals surface area contributed by atoms with Gasteiger partial charge in [-0.05, 0) is 41.1 Å². The largest absolute Gasteiger partial charge is 0.467 e. The van der Waals surface area contributed by atoms with Gasteiger partial charge in [-0.2, -0.15) is 0 Å². The minimum atomic E-state index is 0.0426. The predicted molar refractivity (Wildman–Crippen MR) is 98.4 cm³/mol. The summed E-state index contributed by atoms with van der Waals surface area (Å²) in [7, 11) is 0. The molecule has 3 nitrogen and oxygen atoms in total. The average Bonchev–Trinajstić information content (AvgIpc) is 3.34. The minimum absolute atomic E-state index is 0.0426. The zero-order chi connectivity index (χ0) is 16.4. The third-order valence-electron chi connectivity index (χ3n) is 3.78. The monoisotopic (exact) mass is 353 g/mol. The van der Waals surface area contributed by atoms with Crippen molar-refractivity contribution in [1.29, 1.82) is 0 Å². The van der Waals surface area contributed by atoms with Gasteiger partial charge in [0, 0.05) is 9.58 Å². The number of fused-ring (bicyclic) bond motifs is 1. The molecule has 0 fully saturated rings. The summed E-state index contributed by atoms with van der Waals surface area (Å²) in [6.07, 6.45) is 1.64. The van der Waals surface area contributed by atoms with Crippen molar-refractivity contribution in [3.8, 4) is 0 Å². The Bertz CT molecular complexity index is 870. The molecule has 1 amide bonds. The van der Waals surface area contributed by atoms with Gasteiger partial charge in [0.1, 0.15) is 5.76 Å². The quantitative estimate of drug-likeness (QED) is 0.481. The van der Waals surface area contributed by atoms with Crippen LogP contribution in [-0.2, 0) is 13.1 Å². The van der Waals surface area contributed by atoms with Crippen LogP contribution < -0.4 is 0 Å². The van der Waals surface area contributed by atoms with E-state index in [9.17, 15) is 4.79 Å². The Morgan fingerprint density at radius 2 is 1.96 bits per heavy atom. The van der Waals surface area contributed by atoms with E-state index in [1.807, 2.05) is 58.8 Å². The molecule has 0 aliphatic carbocycles. The average molecular weight is 353 g/mol. The molecule has 5 heteroatoms. The summed E-state index contributed by atoms with van der Waals surface area (Å²) in [5.74, 6) is 0.835. The van der Waals surface area contributed by atoms with Crippen LogP contribution in [0.15, 0.2) is 70.7 Å². The molecule has 0 spiro atoms. The molecule has 0 bridgehead atoms. The molecule has 120 valence electrons. The van der Waals surface area contributed by atoms with E-state index < -0.39 is 0 Å². The lowest BCUT2D eigenvalue weighted by Crippen LogP contribution is -2.29. The lowest BCUT2D eigenvalue weighted by atomic mass is 10.2. The maximum absolute atomic E-state index is 13.1. The van der Waals surface area contributed by atoms with Gasteiger partial charge in [0.2, 0.25) is 0 Å². The van der Waals surface area contributed by atoms with E-state index in [-0.39, 0.29) is 5.91 Å². The van der Waals surface area contributed by atoms with Gasteiger partial charge in [-0.15, -0.1) is 22.7 Å². The first-order chi connectivity index (χ1) is 11.8. The van der Waals surface area contributed by atoms with E-state index in [2.05, 4.69) is 6.07 Å². The van der Waals surface area contributed by atoms with E-state index in [1.165, 1.54) is 0 Å². The van der Waals surface area contributed by atoms with Gasteiger partial charge in [-0.25, -0.2) is 0 Å². The number of nitrogens with zero attached hydrogens (tertiary/aromatic N) is 1. The van der Waals surface area contributed by atoms with Crippen molar-refractivity contribution in [3.05, 3.63) is 81.8 Å². The van der Waals surface area contributed by atoms with Crippen LogP contribution in [0.25, 0.3) is 10.1 Å². The number of furan rings is 1. The summed E-state index contributed by atoms with van der Waals surface area (Å²) >= 11 is 3.20. The molecular formula is C19H15NO2S2. The number of hydrogen-bond donors (Lipinski definition) is 0. The van der Waals surface area contributed by atoms with Crippen LogP contribution in [0.3, 0.4) is 0 Å². The molecule has 3 heterocycles. The summed E-state index contributed by atoms with van der Waals surface area (Å²) < 4.78 is 6.58. The Labute approximate surface area is 147 Å². The van der Waals surface area contributed by atoms with E-state index in [4.69, 9.17) is 4.42 Å². The summed E-state index contributed by atoms with van der Waals surface area (Å²) in [4.78, 5) is 16.8. The molecule has 0 saturated heterocycles. The summed E-state index contributed by atoms with van der Waals surface area (Å²) in [6.45, 7) is 1.06. The topological polar surface area (TPSA) is 33.5 Å². The minimum Gasteiger partial charge on any atom is -0.467 e. The number of amides is 1. The summed E-state index contributed by atoms with van der Waals surface area (Å²) in [5.41, 5.74) is 0. The molecule has 0 unspecified atom stereocenters. The predicted octanol–water partition coefficient (Wildman–Crippen LogP) is 5.40. The SMILES string of the molecule is O=C(c1cc2ccccc2s1)N(Cc1ccco1)Cc1cccs1. The Morgan fingerprint density at radius 3 is 2.71 bits per heavy atom. The van der Waals surface area contributed by atoms with Gasteiger partial charge in [0.15, 0.2) is 0 Å². The number of rotatable bonds is 5. The Hall–Kier alpha value is -2.37. The zero-order valence-electron chi connectivity index (χ0n) is 12.8. The highest BCUT2D eigenvalue weighted by molar-refractivity contribution is 7.20. The fourth-order valence-corrected chi connectivity index (χ4v) is 4.37. The first kappa shape index (κ1) is 15.2. The molecule has 4 rings (SSSR count). The molecule has 1 aromatic carbocycles. The Kier molecular flexibility index (Phi) is 4.19. The Balaban J connectivity index is 1.64. The van der Waals surface area contributed by atoms with Crippen molar-refractivity contribution in [3.63, 3.8) is 0 Å². The van der Waals surface area contributed by atoms with E-state index in [0.717, 1.165) is 25.6 Å². The Morgan fingerprint density at radius 1 is 1.04 bits per heavy atom. The van der Waals surface area contributed by atoms with Gasteiger partial charge in [0.05, 0.1) is 24.2 Å². The van der Waals surface area contributed by atoms with Crippen LogP contribution in [-0.4, -0.2) is 10.8 Å². The smallest absolute Gasteiger partial charge is 0.264 e. The van der Waals surface area contributed by atoms with E-state index >= 15 is 0 Å². The number of thiophene rings is 2. The van der Waals surface area contributed by atoms with Crippen molar-refractivity contribution in [2.24, 2.45) is 0 Å². The van der Waals surface area contributed by atoms with Gasteiger partial charge >= 0.3 is 0 Å². The molecule has 0 radical (unpaired) electrons. The number of carbonyl (C=O) groups is 1. The van der Waals surface area contributed by atoms with Crippen molar-refractivity contribution in [1.82, 2.24) is 4.90 Å². The fourth-order valence-electron chi connectivity index (χ4n) is 2.62. The van der Waals surface area contributed by atoms with Crippen molar-refractivity contribution in [2.75, 3.05) is 0 Å². The van der Waals surface area contributed by atoms with Gasteiger partial charge in [-0.1, -0.05) is 24.3 Å². The second kappa shape index (κ2) is 6.63. The fraction of sp³-hybridized carbons (Fsp3) is 0.105. The molecule has 24 heavy (non-hydrogen) atoms. The third-order valence-corrected chi connectivity index (χ3v) is 5.74. The molecular weight excluding hydrogens is 338 g/mol. The highest BCUT2D eigenvalue weighted by Gasteiger charge is 2.20. The molecule has 0 atom stereocenters. The maximum atomic E-state index is 13.1. The zero-order valence-corrected chi connectivity index (χ0v) is 14.5. The van der Waals surface area contributed by atoms with Crippen LogP contribution >= 0.6 is 22.7 Å². The molecule has 3 aromatic heterocycles. The van der Waals surface area contributed by atoms with Crippen LogP contribution in [0, 0.1) is 0 Å². The maximum Gasteiger partial charge on any atom is 0.264 e. The lowest BCUT2D eigenvalue weighted by molar-refractivity contribution is 0.0724. The normalized spacial score (nSPS) is 11.0. The van der Waals surface area contributed by atoms with Crippen LogP contribution in [0.4, 0.5) is 0 Å². The molecule has 4 aromatic rings. The van der Waals surface area contributed by atoms with Crippen molar-refractivity contribution < 1.29 is 9.21 Å². The van der Waals surface area contributed by atoms with E-state index in [1.54, 1.807) is 28.9 Å². The molecule has 0 aliphatic heterocycles. The van der Waals surface area contributed by atoms with Crippen LogP contribution in [0.1, 0.15) is 20.3 Å². The summed E-state index contributed by atoms with van der Waals surface area (Å²) in [6, 6.07) is 17.9. The standard InChI is InChI=1S/C19H15NO2S2/c21-19(18-11-14-5-1-2-8-17(14)24-18)20(12-15-6-3-9-22-15)13-16-7-4-10-23-16/h1-11H,12-13H2. The van der Waals surface area contributed by atoms with Gasteiger partial charge < -0.3 is 9.32 Å². The number of benzene rings is 1. The van der Waals surface area contributed by atoms with Gasteiger partial charge in [0.25, 0.3) is 5.91 Å². The van der Waals surface area contributed by atoms with E-state index in [0.29, 0.717) is 13.1 Å². The van der Waals surface area contributed by atoms with Crippen molar-refractivity contribution >= 4 is 38.7 Å². The third kappa shape index (κ3) is 3.13. The highest BCUT2D eigenvalue weighted by atomic mass is 32.1.